The lowest BCUT2D eigenvalue weighted by Gasteiger charge is -2.16. The Morgan fingerprint density at radius 1 is 1.30 bits per heavy atom. The summed E-state index contributed by atoms with van der Waals surface area (Å²) in [7, 11) is 0. The summed E-state index contributed by atoms with van der Waals surface area (Å²) in [6, 6.07) is 0.476. The van der Waals surface area contributed by atoms with Crippen molar-refractivity contribution in [2.75, 3.05) is 32.3 Å². The SMILES string of the molecule is CCOCCOCNC(=O)CCCC[C@@H]1SC[C@@H]2NC(=O)N[C@@H]21. The fraction of sp³-hybridized carbons (Fsp3) is 0.867. The van der Waals surface area contributed by atoms with Crippen molar-refractivity contribution in [1.29, 1.82) is 0 Å². The molecule has 132 valence electrons. The van der Waals surface area contributed by atoms with Crippen LogP contribution in [-0.2, 0) is 14.3 Å². The maximum absolute atomic E-state index is 11.7. The number of hydrogen-bond donors (Lipinski definition) is 3. The summed E-state index contributed by atoms with van der Waals surface area (Å²) >= 11 is 1.91. The largest absolute Gasteiger partial charge is 0.379 e. The predicted octanol–water partition coefficient (Wildman–Crippen LogP) is 0.839. The van der Waals surface area contributed by atoms with E-state index in [0.29, 0.717) is 31.5 Å². The molecular weight excluding hydrogens is 318 g/mol. The van der Waals surface area contributed by atoms with E-state index in [9.17, 15) is 9.59 Å². The fourth-order valence-electron chi connectivity index (χ4n) is 2.83. The molecule has 0 aromatic heterocycles. The molecule has 2 aliphatic rings. The van der Waals surface area contributed by atoms with Crippen LogP contribution in [-0.4, -0.2) is 61.6 Å². The Labute approximate surface area is 141 Å². The van der Waals surface area contributed by atoms with Gasteiger partial charge in [0.25, 0.3) is 0 Å². The zero-order chi connectivity index (χ0) is 16.5. The Balaban J connectivity index is 1.46. The third-order valence-electron chi connectivity index (χ3n) is 4.03. The molecule has 3 amide bonds. The van der Waals surface area contributed by atoms with Gasteiger partial charge in [-0.1, -0.05) is 6.42 Å². The number of urea groups is 1. The molecule has 0 radical (unpaired) electrons. The van der Waals surface area contributed by atoms with E-state index in [-0.39, 0.29) is 30.8 Å². The van der Waals surface area contributed by atoms with Crippen molar-refractivity contribution < 1.29 is 19.1 Å². The van der Waals surface area contributed by atoms with Crippen molar-refractivity contribution in [3.8, 4) is 0 Å². The smallest absolute Gasteiger partial charge is 0.315 e. The highest BCUT2D eigenvalue weighted by molar-refractivity contribution is 8.00. The first-order chi connectivity index (χ1) is 11.2. The number of unbranched alkanes of at least 4 members (excludes halogenated alkanes) is 1. The van der Waals surface area contributed by atoms with E-state index in [1.807, 2.05) is 18.7 Å². The van der Waals surface area contributed by atoms with E-state index in [2.05, 4.69) is 16.0 Å². The second-order valence-corrected chi connectivity index (χ2v) is 6.99. The molecule has 2 aliphatic heterocycles. The summed E-state index contributed by atoms with van der Waals surface area (Å²) in [4.78, 5) is 23.0. The molecule has 2 fully saturated rings. The van der Waals surface area contributed by atoms with Crippen LogP contribution in [0.2, 0.25) is 0 Å². The molecule has 0 saturated carbocycles. The summed E-state index contributed by atoms with van der Waals surface area (Å²) in [6.07, 6.45) is 3.41. The quantitative estimate of drug-likeness (QED) is 0.293. The van der Waals surface area contributed by atoms with Crippen molar-refractivity contribution in [1.82, 2.24) is 16.0 Å². The molecule has 7 nitrogen and oxygen atoms in total. The summed E-state index contributed by atoms with van der Waals surface area (Å²) in [5, 5.41) is 9.13. The standard InChI is InChI=1S/C15H27N3O4S/c1-2-21-7-8-22-10-16-13(19)6-4-3-5-12-14-11(9-23-12)17-15(20)18-14/h11-12,14H,2-10H2,1H3,(H,16,19)(H2,17,18,20)/t11-,12-,14-/m0/s1. The van der Waals surface area contributed by atoms with Crippen LogP contribution in [0, 0.1) is 0 Å². The van der Waals surface area contributed by atoms with Gasteiger partial charge in [-0.15, -0.1) is 0 Å². The van der Waals surface area contributed by atoms with E-state index < -0.39 is 0 Å². The first-order valence-electron chi connectivity index (χ1n) is 8.31. The summed E-state index contributed by atoms with van der Waals surface area (Å²) in [5.41, 5.74) is 0. The maximum Gasteiger partial charge on any atom is 0.315 e. The number of carbonyl (C=O) groups excluding carboxylic acids is 2. The van der Waals surface area contributed by atoms with Crippen molar-refractivity contribution in [2.24, 2.45) is 0 Å². The van der Waals surface area contributed by atoms with Crippen LogP contribution in [0.15, 0.2) is 0 Å². The van der Waals surface area contributed by atoms with Gasteiger partial charge in [0.2, 0.25) is 5.91 Å². The van der Waals surface area contributed by atoms with Crippen LogP contribution in [0.25, 0.3) is 0 Å². The highest BCUT2D eigenvalue weighted by Crippen LogP contribution is 2.33. The van der Waals surface area contributed by atoms with Crippen LogP contribution in [0.3, 0.4) is 0 Å². The fourth-order valence-corrected chi connectivity index (χ4v) is 4.37. The molecule has 0 unspecified atom stereocenters. The van der Waals surface area contributed by atoms with Gasteiger partial charge in [-0.05, 0) is 19.8 Å². The van der Waals surface area contributed by atoms with Gasteiger partial charge >= 0.3 is 6.03 Å². The average molecular weight is 345 g/mol. The number of carbonyl (C=O) groups is 2. The first-order valence-corrected chi connectivity index (χ1v) is 9.36. The molecule has 8 heteroatoms. The van der Waals surface area contributed by atoms with Gasteiger partial charge < -0.3 is 25.4 Å². The summed E-state index contributed by atoms with van der Waals surface area (Å²) < 4.78 is 10.4. The number of amides is 3. The maximum atomic E-state index is 11.7. The molecule has 0 aromatic carbocycles. The lowest BCUT2D eigenvalue weighted by molar-refractivity contribution is -0.123. The first kappa shape index (κ1) is 18.4. The molecule has 0 aliphatic carbocycles. The van der Waals surface area contributed by atoms with Crippen LogP contribution >= 0.6 is 11.8 Å². The molecule has 0 spiro atoms. The van der Waals surface area contributed by atoms with E-state index >= 15 is 0 Å². The van der Waals surface area contributed by atoms with Crippen molar-refractivity contribution >= 4 is 23.7 Å². The zero-order valence-corrected chi connectivity index (χ0v) is 14.5. The predicted molar refractivity (Wildman–Crippen MR) is 89.4 cm³/mol. The Hall–Kier alpha value is -0.990. The zero-order valence-electron chi connectivity index (χ0n) is 13.6. The highest BCUT2D eigenvalue weighted by atomic mass is 32.2. The van der Waals surface area contributed by atoms with Gasteiger partial charge in [0.1, 0.15) is 6.73 Å². The molecule has 2 heterocycles. The number of hydrogen-bond acceptors (Lipinski definition) is 5. The Morgan fingerprint density at radius 2 is 2.13 bits per heavy atom. The molecule has 23 heavy (non-hydrogen) atoms. The number of nitrogens with one attached hydrogen (secondary N) is 3. The molecular formula is C15H27N3O4S. The van der Waals surface area contributed by atoms with Gasteiger partial charge in [0.15, 0.2) is 0 Å². The summed E-state index contributed by atoms with van der Waals surface area (Å²) in [6.45, 7) is 3.90. The van der Waals surface area contributed by atoms with Crippen LogP contribution in [0.5, 0.6) is 0 Å². The van der Waals surface area contributed by atoms with Gasteiger partial charge in [0.05, 0.1) is 25.3 Å². The highest BCUT2D eigenvalue weighted by Gasteiger charge is 2.42. The second kappa shape index (κ2) is 10.00. The molecule has 0 bridgehead atoms. The summed E-state index contributed by atoms with van der Waals surface area (Å²) in [5.74, 6) is 1.00. The molecule has 0 aromatic rings. The Morgan fingerprint density at radius 3 is 2.96 bits per heavy atom. The lowest BCUT2D eigenvalue weighted by atomic mass is 10.0. The van der Waals surface area contributed by atoms with Crippen molar-refractivity contribution in [3.63, 3.8) is 0 Å². The van der Waals surface area contributed by atoms with Gasteiger partial charge in [0, 0.05) is 24.0 Å². The van der Waals surface area contributed by atoms with E-state index in [1.54, 1.807) is 0 Å². The Kier molecular flexibility index (Phi) is 7.98. The normalized spacial score (nSPS) is 25.8. The number of fused-ring (bicyclic) bond motifs is 1. The average Bonchev–Trinajstić information content (AvgIpc) is 3.07. The number of rotatable bonds is 11. The van der Waals surface area contributed by atoms with E-state index in [0.717, 1.165) is 25.0 Å². The van der Waals surface area contributed by atoms with Crippen LogP contribution in [0.4, 0.5) is 4.79 Å². The van der Waals surface area contributed by atoms with Gasteiger partial charge in [-0.25, -0.2) is 4.79 Å². The van der Waals surface area contributed by atoms with Gasteiger partial charge in [-0.2, -0.15) is 11.8 Å². The van der Waals surface area contributed by atoms with Gasteiger partial charge in [-0.3, -0.25) is 4.79 Å². The Bertz CT molecular complexity index is 397. The minimum atomic E-state index is -0.0472. The molecule has 3 atom stereocenters. The van der Waals surface area contributed by atoms with Crippen LogP contribution < -0.4 is 16.0 Å². The molecule has 2 saturated heterocycles. The molecule has 2 rings (SSSR count). The lowest BCUT2D eigenvalue weighted by Crippen LogP contribution is -2.36. The monoisotopic (exact) mass is 345 g/mol. The van der Waals surface area contributed by atoms with E-state index in [4.69, 9.17) is 9.47 Å². The van der Waals surface area contributed by atoms with Crippen LogP contribution in [0.1, 0.15) is 32.6 Å². The third kappa shape index (κ3) is 6.19. The van der Waals surface area contributed by atoms with E-state index in [1.165, 1.54) is 0 Å². The molecule has 3 N–H and O–H groups in total. The number of thioether (sulfide) groups is 1. The second-order valence-electron chi connectivity index (χ2n) is 5.72. The van der Waals surface area contributed by atoms with Crippen molar-refractivity contribution in [2.45, 2.75) is 49.9 Å². The topological polar surface area (TPSA) is 88.7 Å². The minimum absolute atomic E-state index is 0.0224. The van der Waals surface area contributed by atoms with Crippen molar-refractivity contribution in [3.05, 3.63) is 0 Å². The minimum Gasteiger partial charge on any atom is -0.379 e. The third-order valence-corrected chi connectivity index (χ3v) is 5.54. The number of ether oxygens (including phenoxy) is 2.